The fourth-order valence-electron chi connectivity index (χ4n) is 3.00. The molecule has 3 rings (SSSR count). The average Bonchev–Trinajstić information content (AvgIpc) is 2.64. The minimum atomic E-state index is -1.44. The van der Waals surface area contributed by atoms with Gasteiger partial charge in [0.25, 0.3) is 0 Å². The fourth-order valence-corrected chi connectivity index (χ4v) is 3.00. The molecule has 84 valence electrons. The van der Waals surface area contributed by atoms with Crippen LogP contribution in [-0.2, 0) is 0 Å². The highest BCUT2D eigenvalue weighted by atomic mass is 19.1. The van der Waals surface area contributed by atoms with Crippen LogP contribution >= 0.6 is 0 Å². The van der Waals surface area contributed by atoms with Crippen molar-refractivity contribution in [2.75, 3.05) is 0 Å². The van der Waals surface area contributed by atoms with Crippen LogP contribution in [0.4, 0.5) is 8.78 Å². The maximum Gasteiger partial charge on any atom is 0.156 e. The van der Waals surface area contributed by atoms with Crippen molar-refractivity contribution >= 4 is 6.08 Å². The zero-order valence-electron chi connectivity index (χ0n) is 8.84. The van der Waals surface area contributed by atoms with Crippen LogP contribution in [0.15, 0.2) is 23.9 Å². The van der Waals surface area contributed by atoms with E-state index >= 15 is 0 Å². The highest BCUT2D eigenvalue weighted by Crippen LogP contribution is 2.52. The van der Waals surface area contributed by atoms with Crippen LogP contribution in [0.5, 0.6) is 0 Å². The summed E-state index contributed by atoms with van der Waals surface area (Å²) in [5.41, 5.74) is 5.75. The number of hydrogen-bond donors (Lipinski definition) is 1. The van der Waals surface area contributed by atoms with Gasteiger partial charge in [0, 0.05) is 17.2 Å². The summed E-state index contributed by atoms with van der Waals surface area (Å²) in [6.45, 7) is 0. The molecule has 16 heavy (non-hydrogen) atoms. The van der Waals surface area contributed by atoms with E-state index in [-0.39, 0.29) is 17.4 Å². The summed E-state index contributed by atoms with van der Waals surface area (Å²) in [6, 6.07) is 4.84. The largest absolute Gasteiger partial charge is 0.399 e. The van der Waals surface area contributed by atoms with E-state index in [1.807, 2.05) is 6.07 Å². The quantitative estimate of drug-likeness (QED) is 0.715. The molecule has 3 heteroatoms. The second-order valence-electron chi connectivity index (χ2n) is 4.65. The topological polar surface area (TPSA) is 26.0 Å². The molecule has 1 saturated carbocycles. The zero-order valence-corrected chi connectivity index (χ0v) is 8.84. The number of fused-ring (bicyclic) bond motifs is 3. The minimum Gasteiger partial charge on any atom is -0.399 e. The van der Waals surface area contributed by atoms with Gasteiger partial charge in [0.15, 0.2) is 5.67 Å². The van der Waals surface area contributed by atoms with Gasteiger partial charge < -0.3 is 5.73 Å². The van der Waals surface area contributed by atoms with Gasteiger partial charge in [-0.3, -0.25) is 0 Å². The molecule has 0 heterocycles. The van der Waals surface area contributed by atoms with Crippen molar-refractivity contribution in [2.24, 2.45) is 5.73 Å². The summed E-state index contributed by atoms with van der Waals surface area (Å²) in [4.78, 5) is 0. The molecule has 2 atom stereocenters. The third-order valence-electron chi connectivity index (χ3n) is 3.83. The van der Waals surface area contributed by atoms with E-state index < -0.39 is 5.67 Å². The lowest BCUT2D eigenvalue weighted by molar-refractivity contribution is 0.191. The van der Waals surface area contributed by atoms with Crippen molar-refractivity contribution in [1.29, 1.82) is 0 Å². The first kappa shape index (κ1) is 9.82. The Bertz CT molecular complexity index is 481. The summed E-state index contributed by atoms with van der Waals surface area (Å²) in [7, 11) is 0. The van der Waals surface area contributed by atoms with Crippen LogP contribution in [0.25, 0.3) is 6.08 Å². The summed E-state index contributed by atoms with van der Waals surface area (Å²) in [6.07, 6.45) is 3.48. The van der Waals surface area contributed by atoms with Crippen molar-refractivity contribution in [3.63, 3.8) is 0 Å². The van der Waals surface area contributed by atoms with Gasteiger partial charge in [-0.15, -0.1) is 0 Å². The second kappa shape index (κ2) is 3.06. The van der Waals surface area contributed by atoms with Crippen molar-refractivity contribution in [3.8, 4) is 0 Å². The number of allylic oxidation sites excluding steroid dienone is 1. The lowest BCUT2D eigenvalue weighted by atomic mass is 9.77. The number of halogens is 2. The Morgan fingerprint density at radius 2 is 2.19 bits per heavy atom. The summed E-state index contributed by atoms with van der Waals surface area (Å²) in [5.74, 6) is -0.572. The van der Waals surface area contributed by atoms with Gasteiger partial charge in [-0.25, -0.2) is 8.78 Å². The van der Waals surface area contributed by atoms with Gasteiger partial charge in [0.1, 0.15) is 5.82 Å². The van der Waals surface area contributed by atoms with Crippen LogP contribution < -0.4 is 5.73 Å². The van der Waals surface area contributed by atoms with Crippen LogP contribution in [0.2, 0.25) is 0 Å². The predicted octanol–water partition coefficient (Wildman–Crippen LogP) is 3.11. The van der Waals surface area contributed by atoms with Gasteiger partial charge in [-0.05, 0) is 37.0 Å². The summed E-state index contributed by atoms with van der Waals surface area (Å²) in [5, 5.41) is 0. The van der Waals surface area contributed by atoms with Crippen molar-refractivity contribution in [2.45, 2.75) is 30.8 Å². The van der Waals surface area contributed by atoms with E-state index in [9.17, 15) is 8.78 Å². The first-order chi connectivity index (χ1) is 7.63. The Morgan fingerprint density at radius 3 is 3.00 bits per heavy atom. The van der Waals surface area contributed by atoms with Crippen molar-refractivity contribution < 1.29 is 8.78 Å². The number of hydrogen-bond acceptors (Lipinski definition) is 1. The standard InChI is InChI=1S/C13H13F2N/c14-11-5-1-3-8-9(11)7-12(16)13(15)6-2-4-10(8)13/h1,3,5,7,10H,2,4,6,16H2. The monoisotopic (exact) mass is 221 g/mol. The highest BCUT2D eigenvalue weighted by molar-refractivity contribution is 5.64. The Kier molecular flexibility index (Phi) is 1.88. The molecule has 0 radical (unpaired) electrons. The molecular formula is C13H13F2N. The predicted molar refractivity (Wildman–Crippen MR) is 59.0 cm³/mol. The molecule has 0 saturated heterocycles. The van der Waals surface area contributed by atoms with Crippen LogP contribution in [-0.4, -0.2) is 5.67 Å². The lowest BCUT2D eigenvalue weighted by Gasteiger charge is -2.33. The third-order valence-corrected chi connectivity index (χ3v) is 3.83. The first-order valence-electron chi connectivity index (χ1n) is 5.58. The average molecular weight is 221 g/mol. The molecule has 1 fully saturated rings. The Hall–Kier alpha value is -1.38. The van der Waals surface area contributed by atoms with E-state index in [1.165, 1.54) is 12.1 Å². The summed E-state index contributed by atoms with van der Waals surface area (Å²) < 4.78 is 28.2. The van der Waals surface area contributed by atoms with Crippen molar-refractivity contribution in [1.82, 2.24) is 0 Å². The molecule has 2 N–H and O–H groups in total. The molecule has 0 spiro atoms. The normalized spacial score (nSPS) is 31.9. The molecular weight excluding hydrogens is 208 g/mol. The highest BCUT2D eigenvalue weighted by Gasteiger charge is 2.49. The second-order valence-corrected chi connectivity index (χ2v) is 4.65. The Labute approximate surface area is 93.0 Å². The van der Waals surface area contributed by atoms with Crippen LogP contribution in [0.3, 0.4) is 0 Å². The smallest absolute Gasteiger partial charge is 0.156 e. The maximum absolute atomic E-state index is 14.6. The van der Waals surface area contributed by atoms with E-state index in [2.05, 4.69) is 0 Å². The van der Waals surface area contributed by atoms with Gasteiger partial charge in [0.2, 0.25) is 0 Å². The maximum atomic E-state index is 14.6. The van der Waals surface area contributed by atoms with Gasteiger partial charge in [-0.2, -0.15) is 0 Å². The Balaban J connectivity index is 2.25. The van der Waals surface area contributed by atoms with E-state index in [0.29, 0.717) is 12.0 Å². The molecule has 2 unspecified atom stereocenters. The number of nitrogens with two attached hydrogens (primary N) is 1. The van der Waals surface area contributed by atoms with E-state index in [0.717, 1.165) is 18.4 Å². The van der Waals surface area contributed by atoms with Crippen LogP contribution in [0.1, 0.15) is 36.3 Å². The van der Waals surface area contributed by atoms with Gasteiger partial charge in [0.05, 0.1) is 0 Å². The molecule has 1 nitrogen and oxygen atoms in total. The molecule has 0 aromatic heterocycles. The molecule has 2 aliphatic rings. The Morgan fingerprint density at radius 1 is 1.38 bits per heavy atom. The van der Waals surface area contributed by atoms with Crippen LogP contribution in [0, 0.1) is 5.82 Å². The number of benzene rings is 1. The minimum absolute atomic E-state index is 0.188. The van der Waals surface area contributed by atoms with Gasteiger partial charge >= 0.3 is 0 Å². The van der Waals surface area contributed by atoms with E-state index in [4.69, 9.17) is 5.73 Å². The molecule has 1 aromatic rings. The lowest BCUT2D eigenvalue weighted by Crippen LogP contribution is -2.36. The third kappa shape index (κ3) is 1.09. The summed E-state index contributed by atoms with van der Waals surface area (Å²) >= 11 is 0. The first-order valence-corrected chi connectivity index (χ1v) is 5.58. The molecule has 0 bridgehead atoms. The van der Waals surface area contributed by atoms with Crippen molar-refractivity contribution in [3.05, 3.63) is 40.8 Å². The van der Waals surface area contributed by atoms with Gasteiger partial charge in [-0.1, -0.05) is 12.1 Å². The molecule has 1 aromatic carbocycles. The fraction of sp³-hybridized carbons (Fsp3) is 0.385. The molecule has 2 aliphatic carbocycles. The molecule has 0 aliphatic heterocycles. The number of rotatable bonds is 0. The molecule has 0 amide bonds. The number of alkyl halides is 1. The zero-order chi connectivity index (χ0) is 11.3. The van der Waals surface area contributed by atoms with E-state index in [1.54, 1.807) is 6.07 Å². The SMILES string of the molecule is NC1=Cc2c(F)cccc2C2CCCC12F.